The second-order valence-electron chi connectivity index (χ2n) is 4.86. The summed E-state index contributed by atoms with van der Waals surface area (Å²) in [6.07, 6.45) is 3.36. The molecule has 1 N–H and O–H groups in total. The molecule has 3 nitrogen and oxygen atoms in total. The molecule has 0 spiro atoms. The average Bonchev–Trinajstić information content (AvgIpc) is 2.80. The highest BCUT2D eigenvalue weighted by atomic mass is 35.5. The van der Waals surface area contributed by atoms with Gasteiger partial charge in [-0.05, 0) is 37.0 Å². The van der Waals surface area contributed by atoms with Crippen molar-refractivity contribution in [1.29, 1.82) is 0 Å². The van der Waals surface area contributed by atoms with Crippen molar-refractivity contribution in [2.24, 2.45) is 5.92 Å². The van der Waals surface area contributed by atoms with Gasteiger partial charge in [-0.15, -0.1) is 0 Å². The number of nitrogens with zero attached hydrogens (tertiary/aromatic N) is 1. The Morgan fingerprint density at radius 1 is 1.56 bits per heavy atom. The van der Waals surface area contributed by atoms with Crippen LogP contribution in [-0.4, -0.2) is 29.0 Å². The zero-order valence-electron chi connectivity index (χ0n) is 10.5. The molecule has 1 aliphatic rings. The molecule has 1 aromatic carbocycles. The minimum Gasteiger partial charge on any atom is -0.507 e. The van der Waals surface area contributed by atoms with Gasteiger partial charge in [0.05, 0.1) is 5.56 Å². The number of hydrogen-bond donors (Lipinski definition) is 1. The minimum absolute atomic E-state index is 0.00309. The fourth-order valence-electron chi connectivity index (χ4n) is 2.51. The lowest BCUT2D eigenvalue weighted by atomic mass is 10.0. The van der Waals surface area contributed by atoms with Crippen LogP contribution in [0.15, 0.2) is 18.2 Å². The molecule has 1 atom stereocenters. The third-order valence-corrected chi connectivity index (χ3v) is 3.69. The standard InChI is InChI=1S/C14H18ClNO2/c1-2-3-10-6-7-16(9-10)14(18)12-8-11(15)4-5-13(12)17/h4-5,8,10,17H,2-3,6-7,9H2,1H3. The normalized spacial score (nSPS) is 19.2. The van der Waals surface area contributed by atoms with Crippen LogP contribution in [0.3, 0.4) is 0 Å². The zero-order valence-corrected chi connectivity index (χ0v) is 11.3. The molecule has 1 unspecified atom stereocenters. The number of phenolic OH excluding ortho intramolecular Hbond substituents is 1. The maximum absolute atomic E-state index is 12.3. The van der Waals surface area contributed by atoms with Crippen molar-refractivity contribution >= 4 is 17.5 Å². The van der Waals surface area contributed by atoms with Gasteiger partial charge in [-0.1, -0.05) is 24.9 Å². The Morgan fingerprint density at radius 3 is 3.06 bits per heavy atom. The molecule has 0 bridgehead atoms. The maximum Gasteiger partial charge on any atom is 0.257 e. The van der Waals surface area contributed by atoms with Crippen molar-refractivity contribution in [3.63, 3.8) is 0 Å². The summed E-state index contributed by atoms with van der Waals surface area (Å²) >= 11 is 5.86. The molecule has 4 heteroatoms. The number of carbonyl (C=O) groups is 1. The van der Waals surface area contributed by atoms with E-state index in [4.69, 9.17) is 11.6 Å². The number of aromatic hydroxyl groups is 1. The molecule has 1 heterocycles. The Hall–Kier alpha value is -1.22. The van der Waals surface area contributed by atoms with E-state index in [0.29, 0.717) is 16.5 Å². The first-order chi connectivity index (χ1) is 8.61. The fourth-order valence-corrected chi connectivity index (χ4v) is 2.68. The Balaban J connectivity index is 2.10. The summed E-state index contributed by atoms with van der Waals surface area (Å²) in [5.41, 5.74) is 0.305. The summed E-state index contributed by atoms with van der Waals surface area (Å²) in [6, 6.07) is 4.58. The van der Waals surface area contributed by atoms with Crippen molar-refractivity contribution in [2.75, 3.05) is 13.1 Å². The number of hydrogen-bond acceptors (Lipinski definition) is 2. The van der Waals surface area contributed by atoms with Gasteiger partial charge in [0.25, 0.3) is 5.91 Å². The quantitative estimate of drug-likeness (QED) is 0.913. The predicted octanol–water partition coefficient (Wildman–Crippen LogP) is 3.31. The molecule has 1 aromatic rings. The summed E-state index contributed by atoms with van der Waals surface area (Å²) in [6.45, 7) is 3.72. The van der Waals surface area contributed by atoms with E-state index >= 15 is 0 Å². The second-order valence-corrected chi connectivity index (χ2v) is 5.29. The van der Waals surface area contributed by atoms with E-state index in [1.165, 1.54) is 12.1 Å². The van der Waals surface area contributed by atoms with Crippen molar-refractivity contribution in [1.82, 2.24) is 4.90 Å². The first-order valence-corrected chi connectivity index (χ1v) is 6.77. The fraction of sp³-hybridized carbons (Fsp3) is 0.500. The van der Waals surface area contributed by atoms with Crippen LogP contribution in [0.2, 0.25) is 5.02 Å². The van der Waals surface area contributed by atoms with Crippen LogP contribution in [0.25, 0.3) is 0 Å². The molecular formula is C14H18ClNO2. The third kappa shape index (κ3) is 2.78. The largest absolute Gasteiger partial charge is 0.507 e. The van der Waals surface area contributed by atoms with Crippen LogP contribution in [-0.2, 0) is 0 Å². The lowest BCUT2D eigenvalue weighted by molar-refractivity contribution is 0.0783. The predicted molar refractivity (Wildman–Crippen MR) is 72.0 cm³/mol. The molecule has 1 saturated heterocycles. The van der Waals surface area contributed by atoms with E-state index in [0.717, 1.165) is 32.4 Å². The monoisotopic (exact) mass is 267 g/mol. The van der Waals surface area contributed by atoms with Gasteiger partial charge >= 0.3 is 0 Å². The van der Waals surface area contributed by atoms with E-state index in [2.05, 4.69) is 6.92 Å². The number of amides is 1. The van der Waals surface area contributed by atoms with Crippen molar-refractivity contribution in [2.45, 2.75) is 26.2 Å². The Morgan fingerprint density at radius 2 is 2.33 bits per heavy atom. The molecule has 0 radical (unpaired) electrons. The summed E-state index contributed by atoms with van der Waals surface area (Å²) in [5, 5.41) is 10.2. The number of benzene rings is 1. The SMILES string of the molecule is CCCC1CCN(C(=O)c2cc(Cl)ccc2O)C1. The van der Waals surface area contributed by atoms with Crippen LogP contribution in [0, 0.1) is 5.92 Å². The Kier molecular flexibility index (Phi) is 4.12. The Labute approximate surface area is 112 Å². The third-order valence-electron chi connectivity index (χ3n) is 3.46. The van der Waals surface area contributed by atoms with Gasteiger partial charge in [0.2, 0.25) is 0 Å². The summed E-state index contributed by atoms with van der Waals surface area (Å²) < 4.78 is 0. The van der Waals surface area contributed by atoms with Gasteiger partial charge in [0.1, 0.15) is 5.75 Å². The molecule has 1 fully saturated rings. The van der Waals surface area contributed by atoms with Crippen molar-refractivity contribution in [3.05, 3.63) is 28.8 Å². The van der Waals surface area contributed by atoms with E-state index in [1.807, 2.05) is 4.90 Å². The van der Waals surface area contributed by atoms with Crippen LogP contribution in [0.4, 0.5) is 0 Å². The van der Waals surface area contributed by atoms with Crippen LogP contribution >= 0.6 is 11.6 Å². The highest BCUT2D eigenvalue weighted by Gasteiger charge is 2.27. The highest BCUT2D eigenvalue weighted by molar-refractivity contribution is 6.31. The number of halogens is 1. The molecule has 1 amide bonds. The second kappa shape index (κ2) is 5.61. The van der Waals surface area contributed by atoms with E-state index in [9.17, 15) is 9.90 Å². The van der Waals surface area contributed by atoms with E-state index in [-0.39, 0.29) is 11.7 Å². The molecule has 18 heavy (non-hydrogen) atoms. The van der Waals surface area contributed by atoms with Gasteiger partial charge in [0, 0.05) is 18.1 Å². The number of phenols is 1. The first kappa shape index (κ1) is 13.2. The topological polar surface area (TPSA) is 40.5 Å². The molecule has 98 valence electrons. The first-order valence-electron chi connectivity index (χ1n) is 6.39. The zero-order chi connectivity index (χ0) is 13.1. The van der Waals surface area contributed by atoms with Crippen LogP contribution in [0.1, 0.15) is 36.5 Å². The number of likely N-dealkylation sites (tertiary alicyclic amines) is 1. The summed E-state index contributed by atoms with van der Waals surface area (Å²) in [7, 11) is 0. The molecular weight excluding hydrogens is 250 g/mol. The van der Waals surface area contributed by atoms with Crippen LogP contribution < -0.4 is 0 Å². The van der Waals surface area contributed by atoms with Gasteiger partial charge in [-0.25, -0.2) is 0 Å². The Bertz CT molecular complexity index is 447. The molecule has 0 aromatic heterocycles. The number of rotatable bonds is 3. The van der Waals surface area contributed by atoms with Gasteiger partial charge in [0.15, 0.2) is 0 Å². The maximum atomic E-state index is 12.3. The van der Waals surface area contributed by atoms with Gasteiger partial charge in [-0.3, -0.25) is 4.79 Å². The molecule has 0 saturated carbocycles. The van der Waals surface area contributed by atoms with Crippen molar-refractivity contribution < 1.29 is 9.90 Å². The molecule has 0 aliphatic carbocycles. The smallest absolute Gasteiger partial charge is 0.257 e. The minimum atomic E-state index is -0.117. The summed E-state index contributed by atoms with van der Waals surface area (Å²) in [5.74, 6) is 0.484. The van der Waals surface area contributed by atoms with Crippen molar-refractivity contribution in [3.8, 4) is 5.75 Å². The lowest BCUT2D eigenvalue weighted by Crippen LogP contribution is -2.28. The number of carbonyl (C=O) groups excluding carboxylic acids is 1. The highest BCUT2D eigenvalue weighted by Crippen LogP contribution is 2.27. The van der Waals surface area contributed by atoms with E-state index < -0.39 is 0 Å². The average molecular weight is 268 g/mol. The summed E-state index contributed by atoms with van der Waals surface area (Å²) in [4.78, 5) is 14.1. The lowest BCUT2D eigenvalue weighted by Gasteiger charge is -2.17. The van der Waals surface area contributed by atoms with Crippen LogP contribution in [0.5, 0.6) is 5.75 Å². The van der Waals surface area contributed by atoms with Gasteiger partial charge in [-0.2, -0.15) is 0 Å². The molecule has 2 rings (SSSR count). The van der Waals surface area contributed by atoms with Gasteiger partial charge < -0.3 is 10.0 Å². The van der Waals surface area contributed by atoms with E-state index in [1.54, 1.807) is 6.07 Å². The molecule has 1 aliphatic heterocycles.